The van der Waals surface area contributed by atoms with Crippen molar-refractivity contribution in [2.24, 2.45) is 0 Å². The first-order valence-corrected chi connectivity index (χ1v) is 8.26. The van der Waals surface area contributed by atoms with Crippen molar-refractivity contribution in [3.63, 3.8) is 0 Å². The lowest BCUT2D eigenvalue weighted by atomic mass is 10.1. The number of rotatable bonds is 4. The molecule has 1 amide bonds. The van der Waals surface area contributed by atoms with Crippen LogP contribution in [0.15, 0.2) is 0 Å². The first kappa shape index (κ1) is 15.4. The van der Waals surface area contributed by atoms with E-state index in [1.54, 1.807) is 0 Å². The van der Waals surface area contributed by atoms with Gasteiger partial charge >= 0.3 is 0 Å². The lowest BCUT2D eigenvalue weighted by Crippen LogP contribution is -2.29. The maximum absolute atomic E-state index is 11.9. The van der Waals surface area contributed by atoms with Crippen molar-refractivity contribution >= 4 is 5.91 Å². The van der Waals surface area contributed by atoms with Gasteiger partial charge in [-0.1, -0.05) is 6.92 Å². The minimum Gasteiger partial charge on any atom is -0.396 e. The average Bonchev–Trinajstić information content (AvgIpc) is 3.10. The maximum Gasteiger partial charge on any atom is 0.224 e. The van der Waals surface area contributed by atoms with Gasteiger partial charge in [0.05, 0.1) is 6.61 Å². The third-order valence-electron chi connectivity index (χ3n) is 4.83. The van der Waals surface area contributed by atoms with Crippen LogP contribution in [0, 0.1) is 0 Å². The second-order valence-electron chi connectivity index (χ2n) is 6.11. The quantitative estimate of drug-likeness (QED) is 0.838. The Bertz CT molecular complexity index is 530. The summed E-state index contributed by atoms with van der Waals surface area (Å²) in [6.07, 6.45) is 2.10. The van der Waals surface area contributed by atoms with E-state index in [-0.39, 0.29) is 24.9 Å². The predicted octanol–water partition coefficient (Wildman–Crippen LogP) is -0.146. The van der Waals surface area contributed by atoms with Gasteiger partial charge in [0.25, 0.3) is 0 Å². The summed E-state index contributed by atoms with van der Waals surface area (Å²) in [7, 11) is 0. The summed E-state index contributed by atoms with van der Waals surface area (Å²) < 4.78 is 2.26. The number of hydrogen-bond donors (Lipinski definition) is 1. The number of amides is 1. The van der Waals surface area contributed by atoms with Crippen molar-refractivity contribution in [1.82, 2.24) is 24.6 Å². The summed E-state index contributed by atoms with van der Waals surface area (Å²) in [5, 5.41) is 17.7. The van der Waals surface area contributed by atoms with Gasteiger partial charge < -0.3 is 19.5 Å². The number of fused-ring (bicyclic) bond motifs is 1. The van der Waals surface area contributed by atoms with Crippen molar-refractivity contribution in [3.8, 4) is 0 Å². The molecule has 122 valence electrons. The second-order valence-corrected chi connectivity index (χ2v) is 6.11. The predicted molar refractivity (Wildman–Crippen MR) is 81.5 cm³/mol. The molecule has 22 heavy (non-hydrogen) atoms. The van der Waals surface area contributed by atoms with Crippen molar-refractivity contribution < 1.29 is 9.90 Å². The maximum atomic E-state index is 11.9. The smallest absolute Gasteiger partial charge is 0.224 e. The highest BCUT2D eigenvalue weighted by atomic mass is 16.3. The molecule has 1 saturated heterocycles. The minimum absolute atomic E-state index is 0.0396. The average molecular weight is 307 g/mol. The number of likely N-dealkylation sites (tertiary alicyclic amines) is 1. The number of aliphatic hydroxyl groups excluding tert-OH is 1. The van der Waals surface area contributed by atoms with E-state index < -0.39 is 0 Å². The summed E-state index contributed by atoms with van der Waals surface area (Å²) >= 11 is 0. The summed E-state index contributed by atoms with van der Waals surface area (Å²) in [6.45, 7) is 7.66. The SMILES string of the molecule is CCN1CCc2nnc(C3CCN(C(=O)CCO)C3)n2CC1. The molecule has 0 spiro atoms. The van der Waals surface area contributed by atoms with Crippen LogP contribution in [0.5, 0.6) is 0 Å². The zero-order valence-electron chi connectivity index (χ0n) is 13.2. The Morgan fingerprint density at radius 2 is 2.14 bits per heavy atom. The van der Waals surface area contributed by atoms with Crippen molar-refractivity contribution in [2.45, 2.75) is 38.6 Å². The van der Waals surface area contributed by atoms with Gasteiger partial charge in [0.15, 0.2) is 0 Å². The fourth-order valence-electron chi connectivity index (χ4n) is 3.46. The van der Waals surface area contributed by atoms with E-state index in [0.717, 1.165) is 57.2 Å². The Hall–Kier alpha value is -1.47. The molecule has 0 aromatic carbocycles. The Labute approximate surface area is 130 Å². The van der Waals surface area contributed by atoms with E-state index >= 15 is 0 Å². The monoisotopic (exact) mass is 307 g/mol. The van der Waals surface area contributed by atoms with Crippen LogP contribution in [0.2, 0.25) is 0 Å². The number of carbonyl (C=O) groups excluding carboxylic acids is 1. The minimum atomic E-state index is -0.0762. The van der Waals surface area contributed by atoms with Crippen molar-refractivity contribution in [1.29, 1.82) is 0 Å². The van der Waals surface area contributed by atoms with Gasteiger partial charge in [0.2, 0.25) is 5.91 Å². The number of nitrogens with zero attached hydrogens (tertiary/aromatic N) is 5. The summed E-state index contributed by atoms with van der Waals surface area (Å²) in [4.78, 5) is 16.2. The largest absolute Gasteiger partial charge is 0.396 e. The van der Waals surface area contributed by atoms with E-state index in [1.807, 2.05) is 4.90 Å². The summed E-state index contributed by atoms with van der Waals surface area (Å²) in [5.74, 6) is 2.42. The second kappa shape index (κ2) is 6.75. The number of likely N-dealkylation sites (N-methyl/N-ethyl adjacent to an activating group) is 1. The van der Waals surface area contributed by atoms with Crippen LogP contribution >= 0.6 is 0 Å². The normalized spacial score (nSPS) is 22.6. The molecule has 1 fully saturated rings. The van der Waals surface area contributed by atoms with Crippen LogP contribution in [-0.4, -0.2) is 74.9 Å². The van der Waals surface area contributed by atoms with Gasteiger partial charge in [0, 0.05) is 51.5 Å². The van der Waals surface area contributed by atoms with Crippen LogP contribution in [0.3, 0.4) is 0 Å². The van der Waals surface area contributed by atoms with Crippen molar-refractivity contribution in [3.05, 3.63) is 11.6 Å². The molecule has 0 bridgehead atoms. The molecule has 1 aromatic heterocycles. The molecule has 7 heteroatoms. The van der Waals surface area contributed by atoms with E-state index in [0.29, 0.717) is 6.54 Å². The van der Waals surface area contributed by atoms with Crippen LogP contribution in [0.1, 0.15) is 37.3 Å². The molecule has 1 N–H and O–H groups in total. The molecule has 2 aliphatic rings. The Morgan fingerprint density at radius 1 is 1.27 bits per heavy atom. The topological polar surface area (TPSA) is 74.5 Å². The molecule has 0 radical (unpaired) electrons. The van der Waals surface area contributed by atoms with E-state index in [4.69, 9.17) is 5.11 Å². The summed E-state index contributed by atoms with van der Waals surface area (Å²) in [6, 6.07) is 0. The third kappa shape index (κ3) is 3.01. The number of aliphatic hydroxyl groups is 1. The van der Waals surface area contributed by atoms with Crippen LogP contribution in [0.4, 0.5) is 0 Å². The molecular weight excluding hydrogens is 282 g/mol. The third-order valence-corrected chi connectivity index (χ3v) is 4.83. The zero-order valence-corrected chi connectivity index (χ0v) is 13.2. The van der Waals surface area contributed by atoms with E-state index in [1.165, 1.54) is 0 Å². The zero-order chi connectivity index (χ0) is 15.5. The molecule has 1 unspecified atom stereocenters. The van der Waals surface area contributed by atoms with Gasteiger partial charge in [-0.25, -0.2) is 0 Å². The number of aromatic nitrogens is 3. The molecule has 2 aliphatic heterocycles. The standard InChI is InChI=1S/C15H25N5O2/c1-2-18-6-4-13-16-17-15(20(13)9-8-18)12-3-7-19(11-12)14(22)5-10-21/h12,21H,2-11H2,1H3. The highest BCUT2D eigenvalue weighted by molar-refractivity contribution is 5.76. The van der Waals surface area contributed by atoms with Crippen molar-refractivity contribution in [2.75, 3.05) is 39.3 Å². The van der Waals surface area contributed by atoms with Gasteiger partial charge in [-0.15, -0.1) is 10.2 Å². The van der Waals surface area contributed by atoms with Gasteiger partial charge in [-0.2, -0.15) is 0 Å². The molecule has 1 aromatic rings. The van der Waals surface area contributed by atoms with Gasteiger partial charge in [-0.05, 0) is 13.0 Å². The highest BCUT2D eigenvalue weighted by Gasteiger charge is 2.31. The molecule has 3 heterocycles. The molecule has 1 atom stereocenters. The van der Waals surface area contributed by atoms with Crippen LogP contribution in [-0.2, 0) is 17.8 Å². The number of carbonyl (C=O) groups is 1. The molecule has 7 nitrogen and oxygen atoms in total. The van der Waals surface area contributed by atoms with Crippen LogP contribution < -0.4 is 0 Å². The van der Waals surface area contributed by atoms with E-state index in [2.05, 4.69) is 26.6 Å². The molecular formula is C15H25N5O2. The molecule has 0 aliphatic carbocycles. The fraction of sp³-hybridized carbons (Fsp3) is 0.800. The van der Waals surface area contributed by atoms with Crippen LogP contribution in [0.25, 0.3) is 0 Å². The lowest BCUT2D eigenvalue weighted by Gasteiger charge is -2.18. The molecule has 0 saturated carbocycles. The lowest BCUT2D eigenvalue weighted by molar-refractivity contribution is -0.130. The summed E-state index contributed by atoms with van der Waals surface area (Å²) in [5.41, 5.74) is 0. The first-order valence-electron chi connectivity index (χ1n) is 8.26. The van der Waals surface area contributed by atoms with Gasteiger partial charge in [-0.3, -0.25) is 4.79 Å². The highest BCUT2D eigenvalue weighted by Crippen LogP contribution is 2.27. The fourth-order valence-corrected chi connectivity index (χ4v) is 3.46. The Morgan fingerprint density at radius 3 is 2.91 bits per heavy atom. The Kier molecular flexibility index (Phi) is 4.73. The first-order chi connectivity index (χ1) is 10.7. The molecule has 3 rings (SSSR count). The van der Waals surface area contributed by atoms with Gasteiger partial charge in [0.1, 0.15) is 11.6 Å². The Balaban J connectivity index is 1.70. The van der Waals surface area contributed by atoms with E-state index in [9.17, 15) is 4.79 Å². The number of hydrogen-bond acceptors (Lipinski definition) is 5.